The van der Waals surface area contributed by atoms with Crippen molar-refractivity contribution in [2.45, 2.75) is 6.42 Å². The third-order valence-electron chi connectivity index (χ3n) is 6.90. The summed E-state index contributed by atoms with van der Waals surface area (Å²) in [7, 11) is 10.0. The molecule has 0 saturated carbocycles. The number of methoxy groups -OCH3 is 5. The van der Waals surface area contributed by atoms with Crippen LogP contribution >= 0.6 is 0 Å². The van der Waals surface area contributed by atoms with Crippen LogP contribution in [0.25, 0.3) is 21.5 Å². The van der Waals surface area contributed by atoms with E-state index in [1.165, 1.54) is 19.8 Å². The largest absolute Gasteiger partial charge is 0.493 e. The Hall–Kier alpha value is -4.33. The summed E-state index contributed by atoms with van der Waals surface area (Å²) in [6, 6.07) is 11.3. The molecule has 8 heteroatoms. The summed E-state index contributed by atoms with van der Waals surface area (Å²) in [4.78, 5) is 14.1. The lowest BCUT2D eigenvalue weighted by molar-refractivity contribution is 0.112. The van der Waals surface area contributed by atoms with Crippen LogP contribution in [-0.4, -0.2) is 55.4 Å². The second-order valence-electron chi connectivity index (χ2n) is 8.78. The van der Waals surface area contributed by atoms with Crippen molar-refractivity contribution >= 4 is 33.5 Å². The van der Waals surface area contributed by atoms with E-state index in [0.29, 0.717) is 45.8 Å². The van der Waals surface area contributed by atoms with Gasteiger partial charge in [-0.1, -0.05) is 0 Å². The minimum atomic E-state index is 0.323. The summed E-state index contributed by atoms with van der Waals surface area (Å²) in [5, 5.41) is 3.97. The quantitative estimate of drug-likeness (QED) is 0.226. The highest BCUT2D eigenvalue weighted by molar-refractivity contribution is 6.18. The number of carbonyl (C=O) groups is 1. The van der Waals surface area contributed by atoms with E-state index in [9.17, 15) is 4.79 Å². The summed E-state index contributed by atoms with van der Waals surface area (Å²) in [5.74, 6) is 3.53. The minimum Gasteiger partial charge on any atom is -0.493 e. The van der Waals surface area contributed by atoms with Crippen LogP contribution < -0.4 is 33.3 Å². The summed E-state index contributed by atoms with van der Waals surface area (Å²) in [6.45, 7) is 0.886. The van der Waals surface area contributed by atoms with E-state index in [4.69, 9.17) is 28.4 Å². The summed E-state index contributed by atoms with van der Waals surface area (Å²) in [5.41, 5.74) is 2.63. The SMILES string of the molecule is COc1cc(C=O)c(Oc2cc3cc4c5c(cc(OC)c(OC)c5c3cc2OC)CCN4C)cc1OC. The number of rotatable bonds is 8. The molecule has 0 fully saturated rings. The molecule has 4 aromatic rings. The zero-order chi connectivity index (χ0) is 26.3. The molecule has 0 N–H and O–H groups in total. The van der Waals surface area contributed by atoms with Crippen molar-refractivity contribution in [2.75, 3.05) is 54.0 Å². The predicted molar refractivity (Wildman–Crippen MR) is 143 cm³/mol. The number of hydrogen-bond donors (Lipinski definition) is 0. The lowest BCUT2D eigenvalue weighted by atomic mass is 9.91. The van der Waals surface area contributed by atoms with E-state index in [2.05, 4.69) is 24.1 Å². The van der Waals surface area contributed by atoms with Gasteiger partial charge in [0, 0.05) is 36.1 Å². The first-order valence-electron chi connectivity index (χ1n) is 11.8. The maximum Gasteiger partial charge on any atom is 0.169 e. The van der Waals surface area contributed by atoms with Crippen LogP contribution in [-0.2, 0) is 6.42 Å². The third kappa shape index (κ3) is 3.89. The van der Waals surface area contributed by atoms with Gasteiger partial charge < -0.3 is 33.3 Å². The predicted octanol–water partition coefficient (Wildman–Crippen LogP) is 5.63. The van der Waals surface area contributed by atoms with Gasteiger partial charge in [-0.25, -0.2) is 0 Å². The van der Waals surface area contributed by atoms with Crippen LogP contribution in [0.5, 0.6) is 40.2 Å². The number of aldehydes is 1. The monoisotopic (exact) mass is 503 g/mol. The average Bonchev–Trinajstić information content (AvgIpc) is 2.93. The summed E-state index contributed by atoms with van der Waals surface area (Å²) < 4.78 is 34.3. The van der Waals surface area contributed by atoms with Crippen LogP contribution in [0.3, 0.4) is 0 Å². The molecule has 0 amide bonds. The maximum absolute atomic E-state index is 11.8. The van der Waals surface area contributed by atoms with Crippen LogP contribution in [0.4, 0.5) is 5.69 Å². The van der Waals surface area contributed by atoms with Crippen molar-refractivity contribution in [3.8, 4) is 40.2 Å². The van der Waals surface area contributed by atoms with Gasteiger partial charge in [-0.05, 0) is 53.1 Å². The van der Waals surface area contributed by atoms with Crippen molar-refractivity contribution < 1.29 is 33.2 Å². The Balaban J connectivity index is 1.78. The molecule has 0 saturated heterocycles. The number of ether oxygens (including phenoxy) is 6. The van der Waals surface area contributed by atoms with Crippen molar-refractivity contribution in [1.29, 1.82) is 0 Å². The molecular weight excluding hydrogens is 474 g/mol. The molecule has 0 spiro atoms. The van der Waals surface area contributed by atoms with Crippen LogP contribution in [0.15, 0.2) is 36.4 Å². The van der Waals surface area contributed by atoms with Crippen molar-refractivity contribution in [2.24, 2.45) is 0 Å². The average molecular weight is 504 g/mol. The van der Waals surface area contributed by atoms with E-state index in [1.807, 2.05) is 12.1 Å². The smallest absolute Gasteiger partial charge is 0.169 e. The zero-order valence-electron chi connectivity index (χ0n) is 21.8. The van der Waals surface area contributed by atoms with Gasteiger partial charge in [0.2, 0.25) is 0 Å². The van der Waals surface area contributed by atoms with E-state index < -0.39 is 0 Å². The highest BCUT2D eigenvalue weighted by Gasteiger charge is 2.25. The third-order valence-corrected chi connectivity index (χ3v) is 6.90. The second kappa shape index (κ2) is 9.61. The molecule has 0 unspecified atom stereocenters. The second-order valence-corrected chi connectivity index (χ2v) is 8.78. The highest BCUT2D eigenvalue weighted by atomic mass is 16.5. The topological polar surface area (TPSA) is 75.7 Å². The van der Waals surface area contributed by atoms with Crippen molar-refractivity contribution in [3.63, 3.8) is 0 Å². The number of likely N-dealkylation sites (N-methyl/N-ethyl adjacent to an activating group) is 1. The van der Waals surface area contributed by atoms with E-state index in [0.717, 1.165) is 46.5 Å². The molecule has 0 aromatic heterocycles. The van der Waals surface area contributed by atoms with Gasteiger partial charge in [-0.2, -0.15) is 0 Å². The standard InChI is InChI=1S/C29H29NO7/c1-30-8-7-16-10-26(35-5)29(36-6)28-19-13-23(33-3)25(11-17(19)9-20(30)27(16)28)37-21-14-24(34-4)22(32-2)12-18(21)15-31/h9-15H,7-8H2,1-6H3. The normalized spacial score (nSPS) is 12.4. The first-order chi connectivity index (χ1) is 18.0. The molecule has 4 aromatic carbocycles. The maximum atomic E-state index is 11.8. The van der Waals surface area contributed by atoms with Gasteiger partial charge in [0.1, 0.15) is 5.75 Å². The van der Waals surface area contributed by atoms with Crippen molar-refractivity contribution in [1.82, 2.24) is 0 Å². The first-order valence-corrected chi connectivity index (χ1v) is 11.8. The molecule has 8 nitrogen and oxygen atoms in total. The molecule has 37 heavy (non-hydrogen) atoms. The number of anilines is 1. The zero-order valence-corrected chi connectivity index (χ0v) is 21.8. The highest BCUT2D eigenvalue weighted by Crippen LogP contribution is 2.49. The molecule has 0 aliphatic carbocycles. The lowest BCUT2D eigenvalue weighted by Crippen LogP contribution is -2.24. The van der Waals surface area contributed by atoms with Crippen LogP contribution in [0.2, 0.25) is 0 Å². The van der Waals surface area contributed by atoms with E-state index >= 15 is 0 Å². The lowest BCUT2D eigenvalue weighted by Gasteiger charge is -2.30. The first kappa shape index (κ1) is 24.4. The van der Waals surface area contributed by atoms with Gasteiger partial charge >= 0.3 is 0 Å². The Bertz CT molecular complexity index is 1530. The fourth-order valence-corrected chi connectivity index (χ4v) is 5.05. The Morgan fingerprint density at radius 1 is 0.703 bits per heavy atom. The number of hydrogen-bond acceptors (Lipinski definition) is 8. The molecule has 5 rings (SSSR count). The van der Waals surface area contributed by atoms with Crippen LogP contribution in [0.1, 0.15) is 15.9 Å². The Kier molecular flexibility index (Phi) is 6.33. The fourth-order valence-electron chi connectivity index (χ4n) is 5.05. The van der Waals surface area contributed by atoms with Gasteiger partial charge in [0.25, 0.3) is 0 Å². The molecule has 0 bridgehead atoms. The van der Waals surface area contributed by atoms with E-state index in [-0.39, 0.29) is 0 Å². The minimum absolute atomic E-state index is 0.323. The number of benzene rings is 4. The molecule has 1 heterocycles. The van der Waals surface area contributed by atoms with Gasteiger partial charge in [-0.15, -0.1) is 0 Å². The van der Waals surface area contributed by atoms with Crippen molar-refractivity contribution in [3.05, 3.63) is 47.5 Å². The fraction of sp³-hybridized carbons (Fsp3) is 0.276. The Labute approximate surface area is 215 Å². The van der Waals surface area contributed by atoms with Crippen LogP contribution in [0, 0.1) is 0 Å². The molecule has 1 aliphatic heterocycles. The number of carbonyl (C=O) groups excluding carboxylic acids is 1. The summed E-state index contributed by atoms with van der Waals surface area (Å²) in [6.07, 6.45) is 1.62. The Morgan fingerprint density at radius 3 is 2.03 bits per heavy atom. The molecule has 1 aliphatic rings. The molecule has 0 atom stereocenters. The molecule has 192 valence electrons. The number of nitrogens with zero attached hydrogens (tertiary/aromatic N) is 1. The molecule has 0 radical (unpaired) electrons. The summed E-state index contributed by atoms with van der Waals surface area (Å²) >= 11 is 0. The number of fused-ring (bicyclic) bond motifs is 2. The van der Waals surface area contributed by atoms with Gasteiger partial charge in [-0.3, -0.25) is 4.79 Å². The Morgan fingerprint density at radius 2 is 1.38 bits per heavy atom. The van der Waals surface area contributed by atoms with E-state index in [1.54, 1.807) is 33.5 Å². The molecular formula is C29H29NO7. The van der Waals surface area contributed by atoms with Gasteiger partial charge in [0.15, 0.2) is 40.8 Å². The van der Waals surface area contributed by atoms with Gasteiger partial charge in [0.05, 0.1) is 41.1 Å².